The van der Waals surface area contributed by atoms with Crippen molar-refractivity contribution in [2.75, 3.05) is 24.7 Å². The van der Waals surface area contributed by atoms with E-state index in [2.05, 4.69) is 10.0 Å². The fourth-order valence-electron chi connectivity index (χ4n) is 4.57. The lowest BCUT2D eigenvalue weighted by Crippen LogP contribution is -2.68. The van der Waals surface area contributed by atoms with Gasteiger partial charge in [-0.3, -0.25) is 4.79 Å². The number of thioether (sulfide) groups is 1. The molecule has 1 fully saturated rings. The number of benzene rings is 2. The Balaban J connectivity index is 1.73. The van der Waals surface area contributed by atoms with Crippen molar-refractivity contribution in [2.45, 2.75) is 67.8 Å². The van der Waals surface area contributed by atoms with Gasteiger partial charge in [-0.25, -0.2) is 17.9 Å². The van der Waals surface area contributed by atoms with Crippen LogP contribution in [0, 0.1) is 0 Å². The van der Waals surface area contributed by atoms with Crippen LogP contribution in [0.15, 0.2) is 59.5 Å². The van der Waals surface area contributed by atoms with E-state index >= 15 is 0 Å². The molecule has 3 rings (SSSR count). The molecule has 6 atom stereocenters. The van der Waals surface area contributed by atoms with E-state index in [4.69, 9.17) is 9.47 Å². The number of carbonyl (C=O) groups excluding carboxylic acids is 1. The third kappa shape index (κ3) is 8.74. The number of hydrogen-bond donors (Lipinski definition) is 6. The lowest BCUT2D eigenvalue weighted by Gasteiger charge is -2.46. The zero-order valence-electron chi connectivity index (χ0n) is 23.4. The molecule has 2 aromatic rings. The van der Waals surface area contributed by atoms with Gasteiger partial charge in [0.25, 0.3) is 5.79 Å². The van der Waals surface area contributed by atoms with Gasteiger partial charge in [-0.1, -0.05) is 49.4 Å². The Kier molecular flexibility index (Phi) is 12.3. The molecular formula is C28H38N2O10S2. The predicted molar refractivity (Wildman–Crippen MR) is 156 cm³/mol. The SMILES string of the molecule is CCSCCCO[C@]1(C(=O)O)C[C@H](O)[C@@H](NC(C)=O)C([C@H](O)[C@H](O)CNS(=O)(=O)c2ccc(-c3ccccc3)cc2)O1. The molecule has 0 spiro atoms. The number of aliphatic hydroxyl groups excluding tert-OH is 3. The lowest BCUT2D eigenvalue weighted by atomic mass is 9.88. The average Bonchev–Trinajstić information content (AvgIpc) is 2.97. The topological polar surface area (TPSA) is 192 Å². The Hall–Kier alpha value is -2.56. The highest BCUT2D eigenvalue weighted by Gasteiger charge is 2.55. The summed E-state index contributed by atoms with van der Waals surface area (Å²) >= 11 is 1.63. The van der Waals surface area contributed by atoms with Crippen LogP contribution < -0.4 is 10.0 Å². The van der Waals surface area contributed by atoms with Crippen LogP contribution in [-0.2, 0) is 29.1 Å². The molecule has 14 heteroatoms. The first kappa shape index (κ1) is 33.9. The number of nitrogens with one attached hydrogen (secondary N) is 2. The van der Waals surface area contributed by atoms with E-state index in [-0.39, 0.29) is 11.5 Å². The second-order valence-corrected chi connectivity index (χ2v) is 13.0. The molecule has 0 aromatic heterocycles. The molecular weight excluding hydrogens is 588 g/mol. The van der Waals surface area contributed by atoms with Crippen LogP contribution in [0.25, 0.3) is 11.1 Å². The Morgan fingerprint density at radius 1 is 1.12 bits per heavy atom. The summed E-state index contributed by atoms with van der Waals surface area (Å²) in [4.78, 5) is 24.0. The van der Waals surface area contributed by atoms with E-state index in [0.717, 1.165) is 23.8 Å². The summed E-state index contributed by atoms with van der Waals surface area (Å²) in [5.41, 5.74) is 1.70. The van der Waals surface area contributed by atoms with Crippen LogP contribution in [0.4, 0.5) is 0 Å². The van der Waals surface area contributed by atoms with Crippen LogP contribution in [0.5, 0.6) is 0 Å². The van der Waals surface area contributed by atoms with E-state index in [0.29, 0.717) is 12.2 Å². The molecule has 2 aromatic carbocycles. The molecule has 1 aliphatic rings. The molecule has 12 nitrogen and oxygen atoms in total. The molecule has 232 valence electrons. The van der Waals surface area contributed by atoms with Crippen molar-refractivity contribution < 1.29 is 47.9 Å². The van der Waals surface area contributed by atoms with Crippen molar-refractivity contribution in [3.8, 4) is 11.1 Å². The summed E-state index contributed by atoms with van der Waals surface area (Å²) in [6.07, 6.45) is -7.01. The van der Waals surface area contributed by atoms with Crippen LogP contribution in [0.1, 0.15) is 26.7 Å². The molecule has 0 bridgehead atoms. The minimum Gasteiger partial charge on any atom is -0.477 e. The Labute approximate surface area is 249 Å². The maximum absolute atomic E-state index is 12.9. The van der Waals surface area contributed by atoms with Gasteiger partial charge in [-0.15, -0.1) is 0 Å². The van der Waals surface area contributed by atoms with Crippen LogP contribution >= 0.6 is 11.8 Å². The molecule has 1 heterocycles. The van der Waals surface area contributed by atoms with E-state index in [9.17, 15) is 38.4 Å². The van der Waals surface area contributed by atoms with Crippen LogP contribution in [0.2, 0.25) is 0 Å². The summed E-state index contributed by atoms with van der Waals surface area (Å²) < 4.78 is 39.3. The number of carbonyl (C=O) groups is 2. The minimum absolute atomic E-state index is 0.0228. The maximum Gasteiger partial charge on any atom is 0.364 e. The molecule has 0 saturated carbocycles. The van der Waals surface area contributed by atoms with Crippen molar-refractivity contribution in [1.82, 2.24) is 10.0 Å². The normalized spacial score (nSPS) is 24.1. The minimum atomic E-state index is -4.12. The van der Waals surface area contributed by atoms with Gasteiger partial charge >= 0.3 is 5.97 Å². The quantitative estimate of drug-likeness (QED) is 0.154. The van der Waals surface area contributed by atoms with Crippen molar-refractivity contribution in [1.29, 1.82) is 0 Å². The summed E-state index contributed by atoms with van der Waals surface area (Å²) in [7, 11) is -4.12. The fraction of sp³-hybridized carbons (Fsp3) is 0.500. The second-order valence-electron chi connectivity index (χ2n) is 9.84. The van der Waals surface area contributed by atoms with Gasteiger partial charge in [-0.2, -0.15) is 11.8 Å². The zero-order valence-corrected chi connectivity index (χ0v) is 25.0. The number of carboxylic acids is 1. The molecule has 1 amide bonds. The standard InChI is InChI=1S/C28H38N2O10S2/c1-3-41-15-7-14-39-28(27(35)36)16-22(32)24(30-18(2)31)26(40-28)25(34)23(33)17-29-42(37,38)21-12-10-20(11-13-21)19-8-5-4-6-9-19/h4-6,8-13,22-26,29,32-34H,3,7,14-17H2,1-2H3,(H,30,31)(H,35,36)/t22-,23+,24+,25+,26?,28+/m0/s1. The molecule has 0 radical (unpaired) electrons. The summed E-state index contributed by atoms with van der Waals surface area (Å²) in [5, 5.41) is 44.9. The van der Waals surface area contributed by atoms with Crippen molar-refractivity contribution >= 4 is 33.7 Å². The second kappa shape index (κ2) is 15.3. The Bertz CT molecular complexity index is 1280. The molecule has 42 heavy (non-hydrogen) atoms. The summed E-state index contributed by atoms with van der Waals surface area (Å²) in [6.45, 7) is 2.43. The average molecular weight is 627 g/mol. The Morgan fingerprint density at radius 3 is 2.36 bits per heavy atom. The van der Waals surface area contributed by atoms with Crippen molar-refractivity contribution in [2.24, 2.45) is 0 Å². The van der Waals surface area contributed by atoms with Gasteiger partial charge in [0, 0.05) is 19.9 Å². The van der Waals surface area contributed by atoms with Gasteiger partial charge in [-0.05, 0) is 41.2 Å². The lowest BCUT2D eigenvalue weighted by molar-refractivity contribution is -0.310. The van der Waals surface area contributed by atoms with Gasteiger partial charge in [0.2, 0.25) is 15.9 Å². The largest absolute Gasteiger partial charge is 0.477 e. The number of sulfonamides is 1. The van der Waals surface area contributed by atoms with Crippen LogP contribution in [-0.4, -0.2) is 102 Å². The number of ether oxygens (including phenoxy) is 2. The number of rotatable bonds is 15. The van der Waals surface area contributed by atoms with E-state index in [1.165, 1.54) is 12.1 Å². The maximum atomic E-state index is 12.9. The molecule has 1 saturated heterocycles. The van der Waals surface area contributed by atoms with Crippen LogP contribution in [0.3, 0.4) is 0 Å². The molecule has 1 unspecified atom stereocenters. The molecule has 6 N–H and O–H groups in total. The van der Waals surface area contributed by atoms with Crippen molar-refractivity contribution in [3.63, 3.8) is 0 Å². The number of aliphatic carboxylic acids is 1. The zero-order chi connectivity index (χ0) is 30.9. The van der Waals surface area contributed by atoms with Gasteiger partial charge < -0.3 is 35.2 Å². The monoisotopic (exact) mass is 626 g/mol. The first-order chi connectivity index (χ1) is 19.9. The van der Waals surface area contributed by atoms with E-state index < -0.39 is 71.1 Å². The number of aliphatic hydroxyl groups is 3. The fourth-order valence-corrected chi connectivity index (χ4v) is 6.23. The summed E-state index contributed by atoms with van der Waals surface area (Å²) in [5.74, 6) is -2.96. The van der Waals surface area contributed by atoms with E-state index in [1.807, 2.05) is 37.3 Å². The predicted octanol–water partition coefficient (Wildman–Crippen LogP) is 0.949. The first-order valence-corrected chi connectivity index (χ1v) is 16.1. The third-order valence-corrected chi connectivity index (χ3v) is 9.15. The van der Waals surface area contributed by atoms with Crippen molar-refractivity contribution in [3.05, 3.63) is 54.6 Å². The molecule has 0 aliphatic carbocycles. The molecule has 1 aliphatic heterocycles. The smallest absolute Gasteiger partial charge is 0.364 e. The third-order valence-electron chi connectivity index (χ3n) is 6.73. The number of amides is 1. The van der Waals surface area contributed by atoms with Gasteiger partial charge in [0.1, 0.15) is 12.2 Å². The summed E-state index contributed by atoms with van der Waals surface area (Å²) in [6, 6.07) is 14.1. The number of carboxylic acid groups (broad SMARTS) is 1. The Morgan fingerprint density at radius 2 is 1.76 bits per heavy atom. The van der Waals surface area contributed by atoms with Gasteiger partial charge in [0.15, 0.2) is 0 Å². The van der Waals surface area contributed by atoms with E-state index in [1.54, 1.807) is 23.9 Å². The van der Waals surface area contributed by atoms with Gasteiger partial charge in [0.05, 0.1) is 29.8 Å². The highest BCUT2D eigenvalue weighted by molar-refractivity contribution is 7.99. The number of hydrogen-bond acceptors (Lipinski definition) is 10. The highest BCUT2D eigenvalue weighted by atomic mass is 32.2. The first-order valence-electron chi connectivity index (χ1n) is 13.5. The highest BCUT2D eigenvalue weighted by Crippen LogP contribution is 2.34.